The Hall–Kier alpha value is -4.32. The van der Waals surface area contributed by atoms with Gasteiger partial charge in [-0.15, -0.1) is 5.10 Å². The average Bonchev–Trinajstić information content (AvgIpc) is 3.21. The molecule has 160 valence electrons. The van der Waals surface area contributed by atoms with Crippen LogP contribution in [0.3, 0.4) is 0 Å². The molecule has 2 aromatic carbocycles. The maximum Gasteiger partial charge on any atom is 0.229 e. The van der Waals surface area contributed by atoms with Crippen molar-refractivity contribution in [3.8, 4) is 11.8 Å². The van der Waals surface area contributed by atoms with Crippen molar-refractivity contribution >= 4 is 28.7 Å². The monoisotopic (exact) mass is 426 g/mol. The Balaban J connectivity index is 1.56. The highest BCUT2D eigenvalue weighted by atomic mass is 16.1. The zero-order chi connectivity index (χ0) is 22.5. The summed E-state index contributed by atoms with van der Waals surface area (Å²) in [7, 11) is 0. The molecule has 0 aliphatic rings. The molecule has 2 heterocycles. The Bertz CT molecular complexity index is 1290. The first-order valence-corrected chi connectivity index (χ1v) is 10.2. The highest BCUT2D eigenvalue weighted by Crippen LogP contribution is 2.19. The van der Waals surface area contributed by atoms with E-state index in [9.17, 15) is 4.79 Å². The fraction of sp³-hybridized carbons (Fsp3) is 0.217. The molecule has 4 rings (SSSR count). The molecular weight excluding hydrogens is 404 g/mol. The van der Waals surface area contributed by atoms with Crippen LogP contribution in [0.25, 0.3) is 16.9 Å². The molecule has 2 aromatic heterocycles. The molecule has 9 heteroatoms. The van der Waals surface area contributed by atoms with Crippen molar-refractivity contribution < 1.29 is 4.79 Å². The van der Waals surface area contributed by atoms with E-state index in [1.807, 2.05) is 38.1 Å². The summed E-state index contributed by atoms with van der Waals surface area (Å²) in [4.78, 5) is 20.8. The Labute approximate surface area is 185 Å². The van der Waals surface area contributed by atoms with Gasteiger partial charge < -0.3 is 10.6 Å². The van der Waals surface area contributed by atoms with Gasteiger partial charge >= 0.3 is 0 Å². The summed E-state index contributed by atoms with van der Waals surface area (Å²) in [5.74, 6) is 0.736. The van der Waals surface area contributed by atoms with Crippen LogP contribution in [-0.2, 0) is 11.3 Å². The first-order chi connectivity index (χ1) is 15.5. The zero-order valence-electron chi connectivity index (χ0n) is 17.8. The number of fused-ring (bicyclic) bond motifs is 1. The summed E-state index contributed by atoms with van der Waals surface area (Å²) >= 11 is 0. The van der Waals surface area contributed by atoms with Gasteiger partial charge in [0.25, 0.3) is 0 Å². The number of rotatable bonds is 7. The summed E-state index contributed by atoms with van der Waals surface area (Å²) in [5.41, 5.74) is 4.19. The van der Waals surface area contributed by atoms with Crippen LogP contribution in [0.1, 0.15) is 31.4 Å². The molecule has 4 aromatic rings. The molecule has 0 fully saturated rings. The van der Waals surface area contributed by atoms with E-state index in [0.717, 1.165) is 16.9 Å². The number of nitrogens with zero attached hydrogens (tertiary/aromatic N) is 6. The molecule has 1 amide bonds. The van der Waals surface area contributed by atoms with E-state index in [1.54, 1.807) is 35.1 Å². The maximum atomic E-state index is 12.0. The predicted octanol–water partition coefficient (Wildman–Crippen LogP) is 3.49. The van der Waals surface area contributed by atoms with Gasteiger partial charge in [-0.1, -0.05) is 31.2 Å². The minimum absolute atomic E-state index is 0.0304. The number of aromatic nitrogens is 5. The highest BCUT2D eigenvalue weighted by Gasteiger charge is 2.11. The summed E-state index contributed by atoms with van der Waals surface area (Å²) in [6, 6.07) is 16.8. The van der Waals surface area contributed by atoms with Crippen molar-refractivity contribution in [3.05, 3.63) is 65.9 Å². The molecule has 0 unspecified atom stereocenters. The fourth-order valence-corrected chi connectivity index (χ4v) is 3.16. The molecule has 9 nitrogen and oxygen atoms in total. The first-order valence-electron chi connectivity index (χ1n) is 10.2. The quantitative estimate of drug-likeness (QED) is 0.464. The fourth-order valence-electron chi connectivity index (χ4n) is 3.16. The van der Waals surface area contributed by atoms with E-state index in [2.05, 4.69) is 37.0 Å². The first kappa shape index (κ1) is 20.9. The van der Waals surface area contributed by atoms with Crippen LogP contribution in [0.15, 0.2) is 54.7 Å². The van der Waals surface area contributed by atoms with Gasteiger partial charge in [0.1, 0.15) is 0 Å². The van der Waals surface area contributed by atoms with Crippen LogP contribution in [0.4, 0.5) is 11.6 Å². The Morgan fingerprint density at radius 1 is 1.19 bits per heavy atom. The second-order valence-corrected chi connectivity index (χ2v) is 7.76. The van der Waals surface area contributed by atoms with Gasteiger partial charge in [0.05, 0.1) is 23.5 Å². The second-order valence-electron chi connectivity index (χ2n) is 7.76. The molecule has 2 N–H and O–H groups in total. The lowest BCUT2D eigenvalue weighted by Crippen LogP contribution is -2.23. The van der Waals surface area contributed by atoms with E-state index in [0.29, 0.717) is 41.6 Å². The lowest BCUT2D eigenvalue weighted by Gasteiger charge is -2.09. The van der Waals surface area contributed by atoms with E-state index < -0.39 is 0 Å². The van der Waals surface area contributed by atoms with Gasteiger partial charge in [0.2, 0.25) is 11.9 Å². The van der Waals surface area contributed by atoms with Crippen molar-refractivity contribution in [3.63, 3.8) is 0 Å². The third kappa shape index (κ3) is 4.87. The summed E-state index contributed by atoms with van der Waals surface area (Å²) in [6.45, 7) is 4.47. The third-order valence-electron chi connectivity index (χ3n) is 4.70. The van der Waals surface area contributed by atoms with Crippen LogP contribution in [-0.4, -0.2) is 30.9 Å². The van der Waals surface area contributed by atoms with Gasteiger partial charge in [0, 0.05) is 18.7 Å². The minimum atomic E-state index is 0.0304. The molecule has 0 saturated heterocycles. The lowest BCUT2D eigenvalue weighted by atomic mass is 10.1. The molecule has 32 heavy (non-hydrogen) atoms. The molecule has 0 atom stereocenters. The molecule has 0 aliphatic heterocycles. The Morgan fingerprint density at radius 2 is 2.00 bits per heavy atom. The number of anilines is 2. The van der Waals surface area contributed by atoms with Crippen LogP contribution < -0.4 is 10.6 Å². The van der Waals surface area contributed by atoms with E-state index in [-0.39, 0.29) is 5.91 Å². The van der Waals surface area contributed by atoms with Crippen molar-refractivity contribution in [2.45, 2.75) is 26.8 Å². The second kappa shape index (κ2) is 9.22. The summed E-state index contributed by atoms with van der Waals surface area (Å²) in [6.07, 6.45) is 2.10. The third-order valence-corrected chi connectivity index (χ3v) is 4.70. The molecule has 0 aliphatic carbocycles. The van der Waals surface area contributed by atoms with E-state index in [1.165, 1.54) is 0 Å². The average molecular weight is 426 g/mol. The smallest absolute Gasteiger partial charge is 0.229 e. The van der Waals surface area contributed by atoms with Gasteiger partial charge in [-0.2, -0.15) is 14.9 Å². The van der Waals surface area contributed by atoms with E-state index >= 15 is 0 Å². The van der Waals surface area contributed by atoms with Crippen molar-refractivity contribution in [1.29, 1.82) is 5.26 Å². The van der Waals surface area contributed by atoms with Crippen molar-refractivity contribution in [2.24, 2.45) is 5.92 Å². The molecule has 0 saturated carbocycles. The van der Waals surface area contributed by atoms with Gasteiger partial charge in [-0.25, -0.2) is 4.98 Å². The maximum absolute atomic E-state index is 12.0. The number of amides is 1. The molecule has 0 bridgehead atoms. The van der Waals surface area contributed by atoms with Gasteiger partial charge in [0.15, 0.2) is 11.2 Å². The zero-order valence-corrected chi connectivity index (χ0v) is 17.8. The molecule has 0 radical (unpaired) electrons. The van der Waals surface area contributed by atoms with Crippen LogP contribution in [0.2, 0.25) is 0 Å². The number of nitrogens with one attached hydrogen (secondary N) is 2. The summed E-state index contributed by atoms with van der Waals surface area (Å²) < 4.78 is 1.64. The van der Waals surface area contributed by atoms with Gasteiger partial charge in [-0.05, 0) is 47.9 Å². The van der Waals surface area contributed by atoms with Crippen LogP contribution >= 0.6 is 0 Å². The van der Waals surface area contributed by atoms with Crippen molar-refractivity contribution in [1.82, 2.24) is 30.3 Å². The van der Waals surface area contributed by atoms with Crippen LogP contribution in [0.5, 0.6) is 0 Å². The number of nitriles is 1. The van der Waals surface area contributed by atoms with E-state index in [4.69, 9.17) is 5.26 Å². The summed E-state index contributed by atoms with van der Waals surface area (Å²) in [5, 5.41) is 23.4. The van der Waals surface area contributed by atoms with Gasteiger partial charge in [-0.3, -0.25) is 4.79 Å². The largest absolute Gasteiger partial charge is 0.352 e. The Morgan fingerprint density at radius 3 is 2.75 bits per heavy atom. The number of hydrogen-bond donors (Lipinski definition) is 2. The highest BCUT2D eigenvalue weighted by molar-refractivity contribution is 5.76. The lowest BCUT2D eigenvalue weighted by molar-refractivity contribution is -0.121. The van der Waals surface area contributed by atoms with Crippen LogP contribution in [0, 0.1) is 17.2 Å². The predicted molar refractivity (Wildman–Crippen MR) is 120 cm³/mol. The number of benzene rings is 2. The normalized spacial score (nSPS) is 10.8. The molecular formula is C23H22N8O. The minimum Gasteiger partial charge on any atom is -0.352 e. The number of carbonyl (C=O) groups excluding carboxylic acids is 1. The molecule has 0 spiro atoms. The number of carbonyl (C=O) groups is 1. The Kier molecular flexibility index (Phi) is 6.03. The standard InChI is InChI=1S/C23H22N8O/c1-15(2)10-21(32)25-13-17-4-3-5-19(11-17)31-22-20(29-30-31)14-26-23(28-22)27-18-8-6-16(12-24)7-9-18/h3-9,11,14-15H,10,13H2,1-2H3,(H,25,32)(H,26,27,28). The SMILES string of the molecule is CC(C)CC(=O)NCc1cccc(-n2nnc3cnc(Nc4ccc(C#N)cc4)nc32)c1. The number of hydrogen-bond acceptors (Lipinski definition) is 7. The topological polar surface area (TPSA) is 121 Å². The van der Waals surface area contributed by atoms with Crippen molar-refractivity contribution in [2.75, 3.05) is 5.32 Å².